The van der Waals surface area contributed by atoms with Gasteiger partial charge in [-0.1, -0.05) is 18.2 Å². The average Bonchev–Trinajstić information content (AvgIpc) is 2.58. The van der Waals surface area contributed by atoms with Crippen molar-refractivity contribution in [1.29, 1.82) is 0 Å². The van der Waals surface area contributed by atoms with E-state index in [0.717, 1.165) is 0 Å². The van der Waals surface area contributed by atoms with Gasteiger partial charge in [0.15, 0.2) is 0 Å². The van der Waals surface area contributed by atoms with Crippen LogP contribution in [0.25, 0.3) is 5.69 Å². The zero-order chi connectivity index (χ0) is 11.7. The Morgan fingerprint density at radius 1 is 1.00 bits per heavy atom. The predicted octanol–water partition coefficient (Wildman–Crippen LogP) is 3.11. The summed E-state index contributed by atoms with van der Waals surface area (Å²) in [5.74, 6) is 0. The Labute approximate surface area is 96.7 Å². The highest BCUT2D eigenvalue weighted by molar-refractivity contribution is 5.46. The summed E-state index contributed by atoms with van der Waals surface area (Å²) in [5, 5.41) is 0. The summed E-state index contributed by atoms with van der Waals surface area (Å²) < 4.78 is 2.25. The molecule has 2 aromatic rings. The standard InChI is InChI=1S/C14H18N2/c1-10-8-9-11(2)16(10)14-7-5-4-6-13(14)12(3)15/h4-9,12H,15H2,1-3H3. The Morgan fingerprint density at radius 3 is 2.12 bits per heavy atom. The highest BCUT2D eigenvalue weighted by Gasteiger charge is 2.10. The minimum Gasteiger partial charge on any atom is -0.324 e. The maximum Gasteiger partial charge on any atom is 0.0502 e. The number of rotatable bonds is 2. The molecule has 1 unspecified atom stereocenters. The molecule has 1 atom stereocenters. The summed E-state index contributed by atoms with van der Waals surface area (Å²) in [6, 6.07) is 12.6. The fourth-order valence-corrected chi connectivity index (χ4v) is 2.12. The van der Waals surface area contributed by atoms with E-state index >= 15 is 0 Å². The van der Waals surface area contributed by atoms with Gasteiger partial charge in [0.1, 0.15) is 0 Å². The van der Waals surface area contributed by atoms with Crippen LogP contribution in [0.5, 0.6) is 0 Å². The molecule has 2 nitrogen and oxygen atoms in total. The molecule has 0 radical (unpaired) electrons. The van der Waals surface area contributed by atoms with Crippen LogP contribution >= 0.6 is 0 Å². The first-order valence-corrected chi connectivity index (χ1v) is 5.61. The predicted molar refractivity (Wildman–Crippen MR) is 67.8 cm³/mol. The Morgan fingerprint density at radius 2 is 1.56 bits per heavy atom. The lowest BCUT2D eigenvalue weighted by Gasteiger charge is -2.16. The second-order valence-corrected chi connectivity index (χ2v) is 4.30. The first-order chi connectivity index (χ1) is 7.61. The number of nitrogens with zero attached hydrogens (tertiary/aromatic N) is 1. The molecule has 2 rings (SSSR count). The van der Waals surface area contributed by atoms with E-state index in [2.05, 4.69) is 48.7 Å². The Hall–Kier alpha value is -1.54. The third kappa shape index (κ3) is 1.76. The topological polar surface area (TPSA) is 30.9 Å². The van der Waals surface area contributed by atoms with Gasteiger partial charge in [0.2, 0.25) is 0 Å². The summed E-state index contributed by atoms with van der Waals surface area (Å²) in [6.07, 6.45) is 0. The van der Waals surface area contributed by atoms with Crippen molar-refractivity contribution in [3.05, 3.63) is 53.3 Å². The number of aryl methyl sites for hydroxylation is 2. The van der Waals surface area contributed by atoms with Gasteiger partial charge >= 0.3 is 0 Å². The lowest BCUT2D eigenvalue weighted by atomic mass is 10.1. The fraction of sp³-hybridized carbons (Fsp3) is 0.286. The normalized spacial score (nSPS) is 12.8. The maximum absolute atomic E-state index is 6.01. The van der Waals surface area contributed by atoms with Gasteiger partial charge in [-0.05, 0) is 44.5 Å². The molecule has 0 spiro atoms. The number of aromatic nitrogens is 1. The van der Waals surface area contributed by atoms with Crippen molar-refractivity contribution >= 4 is 0 Å². The van der Waals surface area contributed by atoms with Crippen LogP contribution in [0, 0.1) is 13.8 Å². The molecule has 0 amide bonds. The first kappa shape index (κ1) is 11.0. The highest BCUT2D eigenvalue weighted by atomic mass is 15.0. The van der Waals surface area contributed by atoms with Crippen LogP contribution < -0.4 is 5.73 Å². The molecule has 16 heavy (non-hydrogen) atoms. The molecule has 0 aliphatic heterocycles. The highest BCUT2D eigenvalue weighted by Crippen LogP contribution is 2.23. The zero-order valence-electron chi connectivity index (χ0n) is 10.1. The van der Waals surface area contributed by atoms with Crippen LogP contribution in [0.1, 0.15) is 29.9 Å². The lowest BCUT2D eigenvalue weighted by Crippen LogP contribution is -2.10. The van der Waals surface area contributed by atoms with E-state index in [1.165, 1.54) is 22.6 Å². The van der Waals surface area contributed by atoms with Gasteiger partial charge in [0, 0.05) is 17.4 Å². The van der Waals surface area contributed by atoms with Crippen LogP contribution in [-0.2, 0) is 0 Å². The number of para-hydroxylation sites is 1. The van der Waals surface area contributed by atoms with E-state index in [1.54, 1.807) is 0 Å². The number of hydrogen-bond donors (Lipinski definition) is 1. The minimum atomic E-state index is 0.0531. The van der Waals surface area contributed by atoms with Crippen LogP contribution in [0.15, 0.2) is 36.4 Å². The molecule has 1 aromatic carbocycles. The summed E-state index contributed by atoms with van der Waals surface area (Å²) in [4.78, 5) is 0. The summed E-state index contributed by atoms with van der Waals surface area (Å²) >= 11 is 0. The van der Waals surface area contributed by atoms with Crippen LogP contribution in [0.2, 0.25) is 0 Å². The van der Waals surface area contributed by atoms with Gasteiger partial charge in [-0.25, -0.2) is 0 Å². The van der Waals surface area contributed by atoms with Crippen molar-refractivity contribution in [2.45, 2.75) is 26.8 Å². The van der Waals surface area contributed by atoms with Crippen molar-refractivity contribution in [2.75, 3.05) is 0 Å². The van der Waals surface area contributed by atoms with Crippen molar-refractivity contribution in [3.8, 4) is 5.69 Å². The molecule has 1 aromatic heterocycles. The molecule has 84 valence electrons. The first-order valence-electron chi connectivity index (χ1n) is 5.61. The van der Waals surface area contributed by atoms with Gasteiger partial charge in [0.25, 0.3) is 0 Å². The monoisotopic (exact) mass is 214 g/mol. The van der Waals surface area contributed by atoms with Crippen molar-refractivity contribution < 1.29 is 0 Å². The molecule has 0 fully saturated rings. The van der Waals surface area contributed by atoms with Crippen molar-refractivity contribution in [3.63, 3.8) is 0 Å². The Kier molecular flexibility index (Phi) is 2.84. The smallest absolute Gasteiger partial charge is 0.0502 e. The van der Waals surface area contributed by atoms with E-state index in [-0.39, 0.29) is 6.04 Å². The summed E-state index contributed by atoms with van der Waals surface area (Å²) in [5.41, 5.74) is 10.9. The zero-order valence-corrected chi connectivity index (χ0v) is 10.1. The van der Waals surface area contributed by atoms with Crippen LogP contribution in [-0.4, -0.2) is 4.57 Å². The average molecular weight is 214 g/mol. The van der Waals surface area contributed by atoms with Crippen LogP contribution in [0.4, 0.5) is 0 Å². The third-order valence-corrected chi connectivity index (χ3v) is 2.94. The largest absolute Gasteiger partial charge is 0.324 e. The molecule has 0 bridgehead atoms. The number of hydrogen-bond acceptors (Lipinski definition) is 1. The quantitative estimate of drug-likeness (QED) is 0.818. The Bertz CT molecular complexity index is 476. The van der Waals surface area contributed by atoms with Gasteiger partial charge in [0.05, 0.1) is 5.69 Å². The molecule has 0 aliphatic carbocycles. The van der Waals surface area contributed by atoms with Gasteiger partial charge in [-0.2, -0.15) is 0 Å². The minimum absolute atomic E-state index is 0.0531. The van der Waals surface area contributed by atoms with Gasteiger partial charge in [-0.15, -0.1) is 0 Å². The third-order valence-electron chi connectivity index (χ3n) is 2.94. The summed E-state index contributed by atoms with van der Waals surface area (Å²) in [6.45, 7) is 6.25. The van der Waals surface area contributed by atoms with Crippen molar-refractivity contribution in [2.24, 2.45) is 5.73 Å². The summed E-state index contributed by atoms with van der Waals surface area (Å²) in [7, 11) is 0. The van der Waals surface area contributed by atoms with E-state index in [1.807, 2.05) is 13.0 Å². The molecule has 2 heteroatoms. The van der Waals surface area contributed by atoms with Crippen LogP contribution in [0.3, 0.4) is 0 Å². The SMILES string of the molecule is Cc1ccc(C)n1-c1ccccc1C(C)N. The molecule has 0 saturated heterocycles. The Balaban J connectivity index is 2.64. The van der Waals surface area contributed by atoms with E-state index < -0.39 is 0 Å². The molecule has 0 saturated carbocycles. The molecule has 2 N–H and O–H groups in total. The fourth-order valence-electron chi connectivity index (χ4n) is 2.12. The van der Waals surface area contributed by atoms with Gasteiger partial charge in [-0.3, -0.25) is 0 Å². The molecular weight excluding hydrogens is 196 g/mol. The van der Waals surface area contributed by atoms with E-state index in [9.17, 15) is 0 Å². The second-order valence-electron chi connectivity index (χ2n) is 4.30. The maximum atomic E-state index is 6.01. The lowest BCUT2D eigenvalue weighted by molar-refractivity contribution is 0.797. The van der Waals surface area contributed by atoms with E-state index in [0.29, 0.717) is 0 Å². The number of nitrogens with two attached hydrogens (primary N) is 1. The molecular formula is C14H18N2. The van der Waals surface area contributed by atoms with Gasteiger partial charge < -0.3 is 10.3 Å². The molecule has 0 aliphatic rings. The molecule has 1 heterocycles. The van der Waals surface area contributed by atoms with Crippen molar-refractivity contribution in [1.82, 2.24) is 4.57 Å². The number of benzene rings is 1. The van der Waals surface area contributed by atoms with E-state index in [4.69, 9.17) is 5.73 Å². The second kappa shape index (κ2) is 4.14.